The van der Waals surface area contributed by atoms with Gasteiger partial charge in [-0.05, 0) is 28.1 Å². The van der Waals surface area contributed by atoms with Crippen LogP contribution in [0.1, 0.15) is 0 Å². The van der Waals surface area contributed by atoms with E-state index in [1.54, 1.807) is 19.5 Å². The van der Waals surface area contributed by atoms with Crippen molar-refractivity contribution in [3.8, 4) is 0 Å². The lowest BCUT2D eigenvalue weighted by molar-refractivity contribution is 0.183. The Kier molecular flexibility index (Phi) is 4.11. The highest BCUT2D eigenvalue weighted by Crippen LogP contribution is 2.22. The van der Waals surface area contributed by atoms with Gasteiger partial charge in [-0.3, -0.25) is 4.68 Å². The van der Waals surface area contributed by atoms with Gasteiger partial charge in [0.15, 0.2) is 0 Å². The molecule has 0 amide bonds. The van der Waals surface area contributed by atoms with Gasteiger partial charge >= 0.3 is 0 Å². The van der Waals surface area contributed by atoms with Gasteiger partial charge in [0.1, 0.15) is 5.82 Å². The van der Waals surface area contributed by atoms with E-state index in [0.29, 0.717) is 6.61 Å². The molecule has 0 radical (unpaired) electrons. The average Bonchev–Trinajstić information content (AvgIpc) is 2.77. The normalized spacial score (nSPS) is 10.5. The number of pyridine rings is 1. The number of ether oxygens (including phenoxy) is 1. The number of methoxy groups -OCH3 is 1. The van der Waals surface area contributed by atoms with Crippen molar-refractivity contribution in [3.05, 3.63) is 35.2 Å². The van der Waals surface area contributed by atoms with E-state index in [4.69, 9.17) is 4.74 Å². The second kappa shape index (κ2) is 5.79. The smallest absolute Gasteiger partial charge is 0.144 e. The van der Waals surface area contributed by atoms with Crippen molar-refractivity contribution in [2.75, 3.05) is 19.0 Å². The van der Waals surface area contributed by atoms with Crippen LogP contribution in [0.4, 0.5) is 11.5 Å². The summed E-state index contributed by atoms with van der Waals surface area (Å²) in [5, 5.41) is 7.40. The predicted octanol–water partition coefficient (Wildman–Crippen LogP) is 2.43. The van der Waals surface area contributed by atoms with Gasteiger partial charge in [-0.15, -0.1) is 0 Å². The van der Waals surface area contributed by atoms with Gasteiger partial charge in [0.05, 0.1) is 29.5 Å². The molecule has 0 saturated carbocycles. The molecule has 0 aromatic carbocycles. The van der Waals surface area contributed by atoms with Gasteiger partial charge in [0, 0.05) is 19.5 Å². The van der Waals surface area contributed by atoms with Crippen LogP contribution in [0.3, 0.4) is 0 Å². The van der Waals surface area contributed by atoms with Crippen LogP contribution in [0.25, 0.3) is 0 Å². The van der Waals surface area contributed by atoms with Crippen molar-refractivity contribution in [3.63, 3.8) is 0 Å². The van der Waals surface area contributed by atoms with Crippen LogP contribution in [-0.4, -0.2) is 28.5 Å². The summed E-state index contributed by atoms with van der Waals surface area (Å²) >= 11 is 3.43. The maximum absolute atomic E-state index is 4.99. The largest absolute Gasteiger partial charge is 0.383 e. The van der Waals surface area contributed by atoms with Gasteiger partial charge in [0.25, 0.3) is 0 Å². The summed E-state index contributed by atoms with van der Waals surface area (Å²) in [7, 11) is 1.67. The van der Waals surface area contributed by atoms with E-state index in [9.17, 15) is 0 Å². The molecule has 2 aromatic rings. The van der Waals surface area contributed by atoms with E-state index < -0.39 is 0 Å². The molecule has 6 heteroatoms. The van der Waals surface area contributed by atoms with Crippen molar-refractivity contribution in [1.82, 2.24) is 14.8 Å². The second-order valence-electron chi connectivity index (χ2n) is 3.44. The predicted molar refractivity (Wildman–Crippen MR) is 69.3 cm³/mol. The third-order valence-electron chi connectivity index (χ3n) is 2.18. The molecule has 0 atom stereocenters. The lowest BCUT2D eigenvalue weighted by atomic mass is 10.4. The maximum Gasteiger partial charge on any atom is 0.144 e. The minimum atomic E-state index is 0.647. The third-order valence-corrected chi connectivity index (χ3v) is 2.82. The summed E-state index contributed by atoms with van der Waals surface area (Å²) in [6.07, 6.45) is 5.42. The van der Waals surface area contributed by atoms with Crippen LogP contribution in [0.5, 0.6) is 0 Å². The van der Waals surface area contributed by atoms with E-state index in [0.717, 1.165) is 22.5 Å². The van der Waals surface area contributed by atoms with Crippen LogP contribution in [0.15, 0.2) is 35.2 Å². The molecule has 5 nitrogen and oxygen atoms in total. The number of nitrogens with zero attached hydrogens (tertiary/aromatic N) is 3. The molecule has 0 unspecified atom stereocenters. The minimum absolute atomic E-state index is 0.647. The molecule has 0 aliphatic carbocycles. The number of halogens is 1. The highest BCUT2D eigenvalue weighted by molar-refractivity contribution is 9.10. The number of hydrogen-bond donors (Lipinski definition) is 1. The zero-order valence-electron chi connectivity index (χ0n) is 9.43. The van der Waals surface area contributed by atoms with E-state index in [2.05, 4.69) is 31.3 Å². The molecular formula is C11H13BrN4O. The number of anilines is 2. The Morgan fingerprint density at radius 3 is 3.18 bits per heavy atom. The summed E-state index contributed by atoms with van der Waals surface area (Å²) in [5.74, 6) is 0.777. The Morgan fingerprint density at radius 1 is 1.53 bits per heavy atom. The van der Waals surface area contributed by atoms with E-state index in [1.807, 2.05) is 23.0 Å². The molecule has 1 N–H and O–H groups in total. The molecule has 0 spiro atoms. The van der Waals surface area contributed by atoms with Crippen molar-refractivity contribution < 1.29 is 4.74 Å². The molecule has 0 aliphatic rings. The molecule has 0 aliphatic heterocycles. The second-order valence-corrected chi connectivity index (χ2v) is 4.30. The van der Waals surface area contributed by atoms with Gasteiger partial charge in [-0.2, -0.15) is 5.10 Å². The molecule has 0 bridgehead atoms. The molecular weight excluding hydrogens is 284 g/mol. The quantitative estimate of drug-likeness (QED) is 0.921. The van der Waals surface area contributed by atoms with E-state index in [-0.39, 0.29) is 0 Å². The van der Waals surface area contributed by atoms with Gasteiger partial charge in [-0.1, -0.05) is 0 Å². The lowest BCUT2D eigenvalue weighted by Crippen LogP contribution is -2.03. The third kappa shape index (κ3) is 3.28. The Bertz CT molecular complexity index is 486. The van der Waals surface area contributed by atoms with E-state index >= 15 is 0 Å². The Morgan fingerprint density at radius 2 is 2.41 bits per heavy atom. The first-order valence-electron chi connectivity index (χ1n) is 5.18. The maximum atomic E-state index is 4.99. The van der Waals surface area contributed by atoms with Gasteiger partial charge in [-0.25, -0.2) is 4.98 Å². The zero-order chi connectivity index (χ0) is 12.1. The molecule has 0 saturated heterocycles. The van der Waals surface area contributed by atoms with Gasteiger partial charge in [0.2, 0.25) is 0 Å². The van der Waals surface area contributed by atoms with Crippen molar-refractivity contribution >= 4 is 27.4 Å². The number of rotatable bonds is 5. The lowest BCUT2D eigenvalue weighted by Gasteiger charge is -2.03. The van der Waals surface area contributed by atoms with Crippen molar-refractivity contribution in [1.29, 1.82) is 0 Å². The van der Waals surface area contributed by atoms with Crippen molar-refractivity contribution in [2.45, 2.75) is 6.54 Å². The fourth-order valence-electron chi connectivity index (χ4n) is 1.35. The highest BCUT2D eigenvalue weighted by atomic mass is 79.9. The topological polar surface area (TPSA) is 52.0 Å². The van der Waals surface area contributed by atoms with Crippen molar-refractivity contribution in [2.24, 2.45) is 0 Å². The summed E-state index contributed by atoms with van der Waals surface area (Å²) in [6, 6.07) is 3.81. The van der Waals surface area contributed by atoms with Crippen LogP contribution >= 0.6 is 15.9 Å². The summed E-state index contributed by atoms with van der Waals surface area (Å²) in [6.45, 7) is 1.38. The molecule has 17 heavy (non-hydrogen) atoms. The summed E-state index contributed by atoms with van der Waals surface area (Å²) in [5.41, 5.74) is 0.903. The van der Waals surface area contributed by atoms with Crippen LogP contribution in [-0.2, 0) is 11.3 Å². The number of hydrogen-bond acceptors (Lipinski definition) is 4. The van der Waals surface area contributed by atoms with Crippen LogP contribution < -0.4 is 5.32 Å². The Balaban J connectivity index is 2.04. The zero-order valence-corrected chi connectivity index (χ0v) is 11.0. The Labute approximate surface area is 108 Å². The molecule has 90 valence electrons. The van der Waals surface area contributed by atoms with Crippen LogP contribution in [0, 0.1) is 0 Å². The number of aromatic nitrogens is 3. The number of nitrogens with one attached hydrogen (secondary N) is 1. The first-order valence-corrected chi connectivity index (χ1v) is 5.98. The standard InChI is InChI=1S/C11H13BrN4O/c1-17-6-5-16-8-9(7-14-16)15-11-10(12)3-2-4-13-11/h2-4,7-8H,5-6H2,1H3,(H,13,15). The summed E-state index contributed by atoms with van der Waals surface area (Å²) < 4.78 is 7.73. The molecule has 2 heterocycles. The SMILES string of the molecule is COCCn1cc(Nc2ncccc2Br)cn1. The minimum Gasteiger partial charge on any atom is -0.383 e. The van der Waals surface area contributed by atoms with Gasteiger partial charge < -0.3 is 10.1 Å². The van der Waals surface area contributed by atoms with E-state index in [1.165, 1.54) is 0 Å². The van der Waals surface area contributed by atoms with Crippen LogP contribution in [0.2, 0.25) is 0 Å². The fourth-order valence-corrected chi connectivity index (χ4v) is 1.70. The highest BCUT2D eigenvalue weighted by Gasteiger charge is 2.02. The summed E-state index contributed by atoms with van der Waals surface area (Å²) in [4.78, 5) is 4.23. The monoisotopic (exact) mass is 296 g/mol. The first kappa shape index (κ1) is 12.1. The first-order chi connectivity index (χ1) is 8.29. The molecule has 0 fully saturated rings. The average molecular weight is 297 g/mol. The fraction of sp³-hybridized carbons (Fsp3) is 0.273. The molecule has 2 aromatic heterocycles. The Hall–Kier alpha value is -1.40. The molecule has 2 rings (SSSR count).